The van der Waals surface area contributed by atoms with Gasteiger partial charge in [-0.3, -0.25) is 4.98 Å². The maximum absolute atomic E-state index is 4.73. The van der Waals surface area contributed by atoms with Crippen LogP contribution < -0.4 is 5.32 Å². The second-order valence-electron chi connectivity index (χ2n) is 9.22. The summed E-state index contributed by atoms with van der Waals surface area (Å²) in [6.45, 7) is 11.2. The largest absolute Gasteiger partial charge is 0.364 e. The van der Waals surface area contributed by atoms with E-state index in [1.807, 2.05) is 12.4 Å². The van der Waals surface area contributed by atoms with Crippen LogP contribution in [0.4, 0.5) is 5.82 Å². The van der Waals surface area contributed by atoms with E-state index < -0.39 is 0 Å². The normalized spacial score (nSPS) is 17.8. The number of rotatable bonds is 5. The number of pyridine rings is 1. The smallest absolute Gasteiger partial charge is 0.158 e. The SMILES string of the molecule is CC(C)c1ccc(-c2nnc(N[C@@H]3CCCN(C)C3)c3cnccc23)c(C(C)C)c1. The molecule has 0 spiro atoms. The fraction of sp³-hybridized carbons (Fsp3) is 0.480. The number of aromatic nitrogens is 3. The maximum Gasteiger partial charge on any atom is 0.158 e. The molecule has 1 aliphatic heterocycles. The molecule has 30 heavy (non-hydrogen) atoms. The molecule has 2 aromatic heterocycles. The van der Waals surface area contributed by atoms with Crippen LogP contribution in [-0.2, 0) is 0 Å². The first-order valence-corrected chi connectivity index (χ1v) is 11.1. The minimum absolute atomic E-state index is 0.392. The second-order valence-corrected chi connectivity index (χ2v) is 9.22. The first-order valence-electron chi connectivity index (χ1n) is 11.1. The summed E-state index contributed by atoms with van der Waals surface area (Å²) in [5.41, 5.74) is 4.80. The Morgan fingerprint density at radius 3 is 2.60 bits per heavy atom. The molecule has 0 aliphatic carbocycles. The lowest BCUT2D eigenvalue weighted by Crippen LogP contribution is -2.40. The standard InChI is InChI=1S/C25H33N5/c1-16(2)18-8-9-20(22(13-18)17(3)4)24-21-10-11-26-14-23(21)25(29-28-24)27-19-7-6-12-30(5)15-19/h8-11,13-14,16-17,19H,6-7,12,15H2,1-5H3,(H,27,29)/t19-/m1/s1. The van der Waals surface area contributed by atoms with Crippen LogP contribution in [0.2, 0.25) is 0 Å². The number of benzene rings is 1. The number of anilines is 1. The molecule has 5 heteroatoms. The molecular formula is C25H33N5. The zero-order valence-electron chi connectivity index (χ0n) is 18.8. The third-order valence-corrected chi connectivity index (χ3v) is 6.17. The zero-order valence-corrected chi connectivity index (χ0v) is 18.8. The van der Waals surface area contributed by atoms with E-state index in [1.165, 1.54) is 23.1 Å². The Labute approximate surface area is 179 Å². The van der Waals surface area contributed by atoms with Crippen molar-refractivity contribution in [1.82, 2.24) is 20.1 Å². The van der Waals surface area contributed by atoms with Crippen LogP contribution in [0.3, 0.4) is 0 Å². The lowest BCUT2D eigenvalue weighted by atomic mass is 9.89. The molecule has 0 bridgehead atoms. The molecule has 1 fully saturated rings. The molecule has 0 amide bonds. The van der Waals surface area contributed by atoms with Crippen LogP contribution >= 0.6 is 0 Å². The van der Waals surface area contributed by atoms with Gasteiger partial charge in [0.25, 0.3) is 0 Å². The zero-order chi connectivity index (χ0) is 21.3. The Hall–Kier alpha value is -2.53. The fourth-order valence-corrected chi connectivity index (χ4v) is 4.41. The van der Waals surface area contributed by atoms with E-state index in [0.29, 0.717) is 17.9 Å². The van der Waals surface area contributed by atoms with Gasteiger partial charge in [-0.25, -0.2) is 0 Å². The lowest BCUT2D eigenvalue weighted by molar-refractivity contribution is 0.261. The highest BCUT2D eigenvalue weighted by molar-refractivity contribution is 6.00. The van der Waals surface area contributed by atoms with Gasteiger partial charge in [-0.15, -0.1) is 10.2 Å². The van der Waals surface area contributed by atoms with Crippen molar-refractivity contribution >= 4 is 16.6 Å². The highest BCUT2D eigenvalue weighted by Crippen LogP contribution is 2.36. The van der Waals surface area contributed by atoms with Crippen LogP contribution in [0.15, 0.2) is 36.7 Å². The van der Waals surface area contributed by atoms with E-state index in [2.05, 4.69) is 79.3 Å². The molecule has 1 N–H and O–H groups in total. The van der Waals surface area contributed by atoms with E-state index >= 15 is 0 Å². The monoisotopic (exact) mass is 403 g/mol. The molecule has 5 nitrogen and oxygen atoms in total. The van der Waals surface area contributed by atoms with Gasteiger partial charge in [0.1, 0.15) is 5.69 Å². The van der Waals surface area contributed by atoms with Crippen molar-refractivity contribution in [3.05, 3.63) is 47.8 Å². The van der Waals surface area contributed by atoms with Gasteiger partial charge in [0.2, 0.25) is 0 Å². The summed E-state index contributed by atoms with van der Waals surface area (Å²) in [6, 6.07) is 9.24. The number of nitrogens with zero attached hydrogens (tertiary/aromatic N) is 4. The highest BCUT2D eigenvalue weighted by atomic mass is 15.2. The van der Waals surface area contributed by atoms with Gasteiger partial charge < -0.3 is 10.2 Å². The molecule has 1 aliphatic rings. The Bertz CT molecular complexity index is 1030. The molecule has 0 unspecified atom stereocenters. The molecule has 0 saturated carbocycles. The van der Waals surface area contributed by atoms with Crippen LogP contribution in [-0.4, -0.2) is 46.3 Å². The fourth-order valence-electron chi connectivity index (χ4n) is 4.41. The quantitative estimate of drug-likeness (QED) is 0.614. The van der Waals surface area contributed by atoms with Gasteiger partial charge in [-0.1, -0.05) is 45.9 Å². The number of fused-ring (bicyclic) bond motifs is 1. The summed E-state index contributed by atoms with van der Waals surface area (Å²) in [5.74, 6) is 1.75. The Morgan fingerprint density at radius 2 is 1.87 bits per heavy atom. The summed E-state index contributed by atoms with van der Waals surface area (Å²) in [6.07, 6.45) is 6.13. The van der Waals surface area contributed by atoms with Crippen molar-refractivity contribution in [2.24, 2.45) is 0 Å². The molecule has 1 saturated heterocycles. The molecule has 158 valence electrons. The van der Waals surface area contributed by atoms with Crippen LogP contribution in [0.1, 0.15) is 63.5 Å². The van der Waals surface area contributed by atoms with E-state index in [9.17, 15) is 0 Å². The minimum atomic E-state index is 0.392. The van der Waals surface area contributed by atoms with Crippen molar-refractivity contribution in [1.29, 1.82) is 0 Å². The van der Waals surface area contributed by atoms with Crippen molar-refractivity contribution in [2.45, 2.75) is 58.4 Å². The third-order valence-electron chi connectivity index (χ3n) is 6.17. The number of piperidine rings is 1. The third kappa shape index (κ3) is 4.17. The van der Waals surface area contributed by atoms with E-state index in [4.69, 9.17) is 5.10 Å². The molecule has 0 radical (unpaired) electrons. The molecule has 1 atom stereocenters. The van der Waals surface area contributed by atoms with Crippen molar-refractivity contribution in [2.75, 3.05) is 25.5 Å². The summed E-state index contributed by atoms with van der Waals surface area (Å²) < 4.78 is 0. The average molecular weight is 404 g/mol. The van der Waals surface area contributed by atoms with Gasteiger partial charge in [-0.05, 0) is 55.5 Å². The van der Waals surface area contributed by atoms with Crippen molar-refractivity contribution in [3.63, 3.8) is 0 Å². The highest BCUT2D eigenvalue weighted by Gasteiger charge is 2.21. The number of nitrogens with one attached hydrogen (secondary N) is 1. The van der Waals surface area contributed by atoms with Crippen LogP contribution in [0, 0.1) is 0 Å². The summed E-state index contributed by atoms with van der Waals surface area (Å²) in [5, 5.41) is 15.1. The predicted molar refractivity (Wildman–Crippen MR) is 125 cm³/mol. The van der Waals surface area contributed by atoms with E-state index in [-0.39, 0.29) is 0 Å². The minimum Gasteiger partial charge on any atom is -0.364 e. The Balaban J connectivity index is 1.78. The molecule has 4 rings (SSSR count). The Kier molecular flexibility index (Phi) is 6.00. The summed E-state index contributed by atoms with van der Waals surface area (Å²) >= 11 is 0. The van der Waals surface area contributed by atoms with Crippen molar-refractivity contribution < 1.29 is 0 Å². The molecule has 3 heterocycles. The first-order chi connectivity index (χ1) is 14.4. The van der Waals surface area contributed by atoms with Gasteiger partial charge >= 0.3 is 0 Å². The second kappa shape index (κ2) is 8.68. The van der Waals surface area contributed by atoms with Gasteiger partial charge in [0.05, 0.1) is 0 Å². The first kappa shape index (κ1) is 20.7. The maximum atomic E-state index is 4.73. The van der Waals surface area contributed by atoms with Gasteiger partial charge in [-0.2, -0.15) is 0 Å². The number of likely N-dealkylation sites (N-methyl/N-ethyl adjacent to an activating group) is 1. The number of hydrogen-bond donors (Lipinski definition) is 1. The lowest BCUT2D eigenvalue weighted by Gasteiger charge is -2.30. The van der Waals surface area contributed by atoms with E-state index in [0.717, 1.165) is 41.8 Å². The van der Waals surface area contributed by atoms with Gasteiger partial charge in [0.15, 0.2) is 5.82 Å². The van der Waals surface area contributed by atoms with E-state index in [1.54, 1.807) is 0 Å². The molecular weight excluding hydrogens is 370 g/mol. The average Bonchev–Trinajstić information content (AvgIpc) is 2.73. The van der Waals surface area contributed by atoms with Crippen molar-refractivity contribution in [3.8, 4) is 11.3 Å². The van der Waals surface area contributed by atoms with Crippen LogP contribution in [0.25, 0.3) is 22.0 Å². The predicted octanol–water partition coefficient (Wildman–Crippen LogP) is 5.44. The number of hydrogen-bond acceptors (Lipinski definition) is 5. The summed E-state index contributed by atoms with van der Waals surface area (Å²) in [4.78, 5) is 6.76. The summed E-state index contributed by atoms with van der Waals surface area (Å²) in [7, 11) is 2.18. The van der Waals surface area contributed by atoms with Gasteiger partial charge in [0, 0.05) is 41.3 Å². The van der Waals surface area contributed by atoms with Crippen LogP contribution in [0.5, 0.6) is 0 Å². The Morgan fingerprint density at radius 1 is 1.03 bits per heavy atom. The topological polar surface area (TPSA) is 53.9 Å². The molecule has 3 aromatic rings. The molecule has 1 aromatic carbocycles. The number of likely N-dealkylation sites (tertiary alicyclic amines) is 1.